The van der Waals surface area contributed by atoms with E-state index >= 15 is 0 Å². The van der Waals surface area contributed by atoms with Crippen LogP contribution in [0.1, 0.15) is 11.1 Å². The molecule has 1 aromatic rings. The van der Waals surface area contributed by atoms with Gasteiger partial charge in [0, 0.05) is 13.1 Å². The molecule has 0 saturated carbocycles. The lowest BCUT2D eigenvalue weighted by molar-refractivity contribution is 0.0386. The first-order chi connectivity index (χ1) is 9.32. The fraction of sp³-hybridized carbons (Fsp3) is 0.462. The van der Waals surface area contributed by atoms with Crippen LogP contribution in [0.25, 0.3) is 0 Å². The second kappa shape index (κ2) is 5.77. The molecule has 0 radical (unpaired) electrons. The predicted octanol–water partition coefficient (Wildman–Crippen LogP) is 0.979. The molecule has 1 heterocycles. The Bertz CT molecular complexity index is 629. The van der Waals surface area contributed by atoms with Crippen molar-refractivity contribution < 1.29 is 13.2 Å². The van der Waals surface area contributed by atoms with Crippen LogP contribution in [0.15, 0.2) is 23.1 Å². The zero-order chi connectivity index (χ0) is 14.9. The number of nitrogens with zero attached hydrogens (tertiary/aromatic N) is 1. The number of benzene rings is 1. The van der Waals surface area contributed by atoms with Gasteiger partial charge in [0.1, 0.15) is 11.1 Å². The van der Waals surface area contributed by atoms with Crippen LogP contribution in [0, 0.1) is 13.8 Å². The van der Waals surface area contributed by atoms with Gasteiger partial charge in [-0.1, -0.05) is 18.3 Å². The van der Waals surface area contributed by atoms with Crippen LogP contribution in [0.4, 0.5) is 0 Å². The van der Waals surface area contributed by atoms with Crippen LogP contribution in [0.5, 0.6) is 0 Å². The molecule has 7 heteroatoms. The zero-order valence-electron chi connectivity index (χ0n) is 11.5. The quantitative estimate of drug-likeness (QED) is 0.842. The van der Waals surface area contributed by atoms with Crippen LogP contribution in [0.3, 0.4) is 0 Å². The molecule has 1 saturated heterocycles. The van der Waals surface area contributed by atoms with Gasteiger partial charge in [0.2, 0.25) is 10.0 Å². The Morgan fingerprint density at radius 3 is 2.70 bits per heavy atom. The molecule has 20 heavy (non-hydrogen) atoms. The molecule has 0 aromatic heterocycles. The van der Waals surface area contributed by atoms with E-state index in [1.165, 1.54) is 4.31 Å². The van der Waals surface area contributed by atoms with Gasteiger partial charge in [-0.25, -0.2) is 8.42 Å². The normalized spacial score (nSPS) is 20.8. The second-order valence-electron chi connectivity index (χ2n) is 4.87. The zero-order valence-corrected chi connectivity index (χ0v) is 13.1. The summed E-state index contributed by atoms with van der Waals surface area (Å²) in [7, 11) is -3.53. The Morgan fingerprint density at radius 1 is 1.40 bits per heavy atom. The van der Waals surface area contributed by atoms with Crippen molar-refractivity contribution >= 4 is 27.2 Å². The van der Waals surface area contributed by atoms with Crippen molar-refractivity contribution in [2.45, 2.75) is 24.8 Å². The first kappa shape index (κ1) is 15.4. The first-order valence-corrected chi connectivity index (χ1v) is 8.15. The molecule has 1 aliphatic rings. The molecule has 1 atom stereocenters. The number of sulfonamides is 1. The lowest BCUT2D eigenvalue weighted by Gasteiger charge is -2.31. The van der Waals surface area contributed by atoms with Crippen molar-refractivity contribution in [2.24, 2.45) is 5.73 Å². The molecule has 1 aliphatic heterocycles. The number of aryl methyl sites for hydroxylation is 2. The third-order valence-corrected chi connectivity index (χ3v) is 5.59. The number of thiocarbonyl (C=S) groups is 1. The topological polar surface area (TPSA) is 72.6 Å². The fourth-order valence-electron chi connectivity index (χ4n) is 2.04. The Morgan fingerprint density at radius 2 is 2.10 bits per heavy atom. The van der Waals surface area contributed by atoms with Crippen LogP contribution in [0.2, 0.25) is 0 Å². The number of hydrogen-bond donors (Lipinski definition) is 1. The smallest absolute Gasteiger partial charge is 0.243 e. The molecule has 1 fully saturated rings. The molecule has 1 aromatic carbocycles. The average molecular weight is 314 g/mol. The van der Waals surface area contributed by atoms with E-state index < -0.39 is 16.1 Å². The maximum Gasteiger partial charge on any atom is 0.243 e. The lowest BCUT2D eigenvalue weighted by atomic mass is 10.1. The summed E-state index contributed by atoms with van der Waals surface area (Å²) in [5.41, 5.74) is 7.55. The standard InChI is InChI=1S/C13H18N2O3S2/c1-9-3-4-11(7-10(9)2)20(16,17)15-5-6-18-12(8-15)13(14)19/h3-4,7,12H,5-6,8H2,1-2H3,(H2,14,19). The minimum atomic E-state index is -3.53. The Balaban J connectivity index is 2.29. The van der Waals surface area contributed by atoms with E-state index in [2.05, 4.69) is 0 Å². The first-order valence-electron chi connectivity index (χ1n) is 6.30. The van der Waals surface area contributed by atoms with Gasteiger partial charge in [-0.15, -0.1) is 0 Å². The number of ether oxygens (including phenoxy) is 1. The van der Waals surface area contributed by atoms with Gasteiger partial charge >= 0.3 is 0 Å². The molecule has 0 bridgehead atoms. The summed E-state index contributed by atoms with van der Waals surface area (Å²) in [6.45, 7) is 4.62. The largest absolute Gasteiger partial charge is 0.391 e. The molecule has 110 valence electrons. The van der Waals surface area contributed by atoms with Crippen molar-refractivity contribution in [3.63, 3.8) is 0 Å². The number of rotatable bonds is 3. The molecule has 0 spiro atoms. The highest BCUT2D eigenvalue weighted by molar-refractivity contribution is 7.89. The number of hydrogen-bond acceptors (Lipinski definition) is 4. The van der Waals surface area contributed by atoms with Crippen molar-refractivity contribution in [3.05, 3.63) is 29.3 Å². The average Bonchev–Trinajstić information content (AvgIpc) is 2.42. The molecule has 0 amide bonds. The van der Waals surface area contributed by atoms with E-state index in [0.717, 1.165) is 11.1 Å². The lowest BCUT2D eigenvalue weighted by Crippen LogP contribution is -2.49. The van der Waals surface area contributed by atoms with Crippen LogP contribution in [-0.4, -0.2) is 43.5 Å². The van der Waals surface area contributed by atoms with Crippen molar-refractivity contribution in [1.82, 2.24) is 4.31 Å². The summed E-state index contributed by atoms with van der Waals surface area (Å²) in [6.07, 6.45) is -0.514. The minimum Gasteiger partial charge on any atom is -0.391 e. The van der Waals surface area contributed by atoms with Gasteiger partial charge in [-0.2, -0.15) is 4.31 Å². The predicted molar refractivity (Wildman–Crippen MR) is 81.2 cm³/mol. The SMILES string of the molecule is Cc1ccc(S(=O)(=O)N2CCOC(C(N)=S)C2)cc1C. The van der Waals surface area contributed by atoms with E-state index in [1.54, 1.807) is 12.1 Å². The Labute approximate surface area is 124 Å². The number of nitrogens with two attached hydrogens (primary N) is 1. The third kappa shape index (κ3) is 3.01. The minimum absolute atomic E-state index is 0.171. The summed E-state index contributed by atoms with van der Waals surface area (Å²) in [5, 5.41) is 0. The third-order valence-electron chi connectivity index (χ3n) is 3.46. The molecule has 2 rings (SSSR count). The Hall–Kier alpha value is -1.02. The van der Waals surface area contributed by atoms with Crippen LogP contribution >= 0.6 is 12.2 Å². The summed E-state index contributed by atoms with van der Waals surface area (Å²) in [5.74, 6) is 0. The molecular formula is C13H18N2O3S2. The summed E-state index contributed by atoms with van der Waals surface area (Å²) in [6, 6.07) is 5.13. The summed E-state index contributed by atoms with van der Waals surface area (Å²) in [4.78, 5) is 0.481. The van der Waals surface area contributed by atoms with E-state index in [-0.39, 0.29) is 11.5 Å². The monoisotopic (exact) mass is 314 g/mol. The van der Waals surface area contributed by atoms with Crippen molar-refractivity contribution in [1.29, 1.82) is 0 Å². The number of morpholine rings is 1. The van der Waals surface area contributed by atoms with E-state index in [9.17, 15) is 8.42 Å². The van der Waals surface area contributed by atoms with Gasteiger partial charge < -0.3 is 10.5 Å². The molecular weight excluding hydrogens is 296 g/mol. The van der Waals surface area contributed by atoms with Gasteiger partial charge in [-0.3, -0.25) is 0 Å². The van der Waals surface area contributed by atoms with Gasteiger partial charge in [0.15, 0.2) is 0 Å². The van der Waals surface area contributed by atoms with Crippen molar-refractivity contribution in [3.8, 4) is 0 Å². The summed E-state index contributed by atoms with van der Waals surface area (Å²) < 4.78 is 32.0. The Kier molecular flexibility index (Phi) is 4.43. The van der Waals surface area contributed by atoms with Crippen LogP contribution < -0.4 is 5.73 Å². The van der Waals surface area contributed by atoms with Gasteiger partial charge in [-0.05, 0) is 37.1 Å². The highest BCUT2D eigenvalue weighted by Crippen LogP contribution is 2.21. The van der Waals surface area contributed by atoms with E-state index in [0.29, 0.717) is 18.0 Å². The van der Waals surface area contributed by atoms with Gasteiger partial charge in [0.05, 0.1) is 11.5 Å². The van der Waals surface area contributed by atoms with Crippen molar-refractivity contribution in [2.75, 3.05) is 19.7 Å². The van der Waals surface area contributed by atoms with Gasteiger partial charge in [0.25, 0.3) is 0 Å². The maximum atomic E-state index is 12.6. The summed E-state index contributed by atoms with van der Waals surface area (Å²) >= 11 is 4.88. The van der Waals surface area contributed by atoms with E-state index in [4.69, 9.17) is 22.7 Å². The fourth-order valence-corrected chi connectivity index (χ4v) is 3.69. The maximum absolute atomic E-state index is 12.6. The highest BCUT2D eigenvalue weighted by Gasteiger charge is 2.31. The second-order valence-corrected chi connectivity index (χ2v) is 7.28. The molecule has 1 unspecified atom stereocenters. The van der Waals surface area contributed by atoms with Crippen LogP contribution in [-0.2, 0) is 14.8 Å². The molecule has 0 aliphatic carbocycles. The molecule has 2 N–H and O–H groups in total. The highest BCUT2D eigenvalue weighted by atomic mass is 32.2. The van der Waals surface area contributed by atoms with E-state index in [1.807, 2.05) is 19.9 Å². The molecule has 5 nitrogen and oxygen atoms in total.